The van der Waals surface area contributed by atoms with Crippen molar-refractivity contribution >= 4 is 0 Å². The van der Waals surface area contributed by atoms with Crippen molar-refractivity contribution in [1.29, 1.82) is 0 Å². The van der Waals surface area contributed by atoms with Gasteiger partial charge in [-0.15, -0.1) is 0 Å². The van der Waals surface area contributed by atoms with Gasteiger partial charge in [-0.25, -0.2) is 9.97 Å². The van der Waals surface area contributed by atoms with Gasteiger partial charge in [0.1, 0.15) is 0 Å². The molecule has 0 bridgehead atoms. The number of hydrogen-bond acceptors (Lipinski definition) is 6. The van der Waals surface area contributed by atoms with Crippen LogP contribution in [-0.2, 0) is 0 Å². The lowest BCUT2D eigenvalue weighted by Crippen LogP contribution is -2.08. The molecule has 0 saturated heterocycles. The number of hydrogen-bond donors (Lipinski definition) is 1. The van der Waals surface area contributed by atoms with Gasteiger partial charge in [0, 0.05) is 12.4 Å². The molecule has 0 aromatic carbocycles. The van der Waals surface area contributed by atoms with Crippen LogP contribution in [0.25, 0.3) is 11.6 Å². The van der Waals surface area contributed by atoms with Crippen LogP contribution in [-0.4, -0.2) is 20.1 Å². The molecule has 16 heavy (non-hydrogen) atoms. The van der Waals surface area contributed by atoms with E-state index in [9.17, 15) is 0 Å². The smallest absolute Gasteiger partial charge is 0.243 e. The van der Waals surface area contributed by atoms with Gasteiger partial charge >= 0.3 is 0 Å². The zero-order chi connectivity index (χ0) is 11.5. The molecule has 84 valence electrons. The van der Waals surface area contributed by atoms with E-state index in [-0.39, 0.29) is 6.04 Å². The molecule has 1 atom stereocenters. The van der Waals surface area contributed by atoms with E-state index in [1.165, 1.54) is 0 Å². The number of rotatable bonds is 3. The molecule has 2 aromatic rings. The monoisotopic (exact) mass is 219 g/mol. The van der Waals surface area contributed by atoms with Gasteiger partial charge in [-0.05, 0) is 18.9 Å². The molecule has 6 heteroatoms. The lowest BCUT2D eigenvalue weighted by Gasteiger charge is -1.98. The van der Waals surface area contributed by atoms with Crippen LogP contribution >= 0.6 is 0 Å². The first-order chi connectivity index (χ1) is 7.70. The van der Waals surface area contributed by atoms with E-state index < -0.39 is 0 Å². The maximum absolute atomic E-state index is 5.77. The molecule has 0 fully saturated rings. The molecule has 2 heterocycles. The van der Waals surface area contributed by atoms with Crippen LogP contribution in [0.2, 0.25) is 0 Å². The van der Waals surface area contributed by atoms with Gasteiger partial charge in [-0.2, -0.15) is 4.98 Å². The van der Waals surface area contributed by atoms with E-state index in [1.807, 2.05) is 13.8 Å². The molecular formula is C10H13N5O. The van der Waals surface area contributed by atoms with E-state index in [1.54, 1.807) is 12.4 Å². The fraction of sp³-hybridized carbons (Fsp3) is 0.400. The van der Waals surface area contributed by atoms with Gasteiger partial charge < -0.3 is 10.3 Å². The van der Waals surface area contributed by atoms with Crippen molar-refractivity contribution in [3.05, 3.63) is 23.8 Å². The highest BCUT2D eigenvalue weighted by atomic mass is 16.5. The molecule has 6 nitrogen and oxygen atoms in total. The maximum atomic E-state index is 5.77. The molecule has 0 saturated carbocycles. The van der Waals surface area contributed by atoms with Crippen LogP contribution in [0.5, 0.6) is 0 Å². The molecule has 2 N–H and O–H groups in total. The topological polar surface area (TPSA) is 90.7 Å². The number of nitrogens with two attached hydrogens (primary N) is 1. The largest absolute Gasteiger partial charge is 0.337 e. The second-order valence-electron chi connectivity index (χ2n) is 3.55. The summed E-state index contributed by atoms with van der Waals surface area (Å²) >= 11 is 0. The molecule has 0 aliphatic heterocycles. The van der Waals surface area contributed by atoms with Crippen molar-refractivity contribution < 1.29 is 4.52 Å². The molecule has 0 aliphatic rings. The van der Waals surface area contributed by atoms with E-state index >= 15 is 0 Å². The summed E-state index contributed by atoms with van der Waals surface area (Å²) in [5.41, 5.74) is 6.76. The summed E-state index contributed by atoms with van der Waals surface area (Å²) < 4.78 is 5.04. The number of aryl methyl sites for hydroxylation is 1. The minimum Gasteiger partial charge on any atom is -0.337 e. The van der Waals surface area contributed by atoms with E-state index in [2.05, 4.69) is 20.1 Å². The number of aromatic nitrogens is 4. The second-order valence-corrected chi connectivity index (χ2v) is 3.55. The Morgan fingerprint density at radius 1 is 1.31 bits per heavy atom. The summed E-state index contributed by atoms with van der Waals surface area (Å²) in [7, 11) is 0. The lowest BCUT2D eigenvalue weighted by atomic mass is 10.2. The van der Waals surface area contributed by atoms with Gasteiger partial charge in [0.25, 0.3) is 0 Å². The number of nitrogens with zero attached hydrogens (tertiary/aromatic N) is 4. The van der Waals surface area contributed by atoms with Crippen LogP contribution < -0.4 is 5.73 Å². The van der Waals surface area contributed by atoms with Crippen LogP contribution in [0.4, 0.5) is 0 Å². The van der Waals surface area contributed by atoms with Crippen molar-refractivity contribution in [3.63, 3.8) is 0 Å². The third-order valence-electron chi connectivity index (χ3n) is 2.18. The molecule has 0 amide bonds. The predicted molar refractivity (Wildman–Crippen MR) is 57.3 cm³/mol. The van der Waals surface area contributed by atoms with Crippen molar-refractivity contribution in [3.8, 4) is 11.6 Å². The van der Waals surface area contributed by atoms with Crippen LogP contribution in [0.3, 0.4) is 0 Å². The quantitative estimate of drug-likeness (QED) is 0.835. The minimum absolute atomic E-state index is 0.230. The molecular weight excluding hydrogens is 206 g/mol. The van der Waals surface area contributed by atoms with E-state index in [0.717, 1.165) is 12.0 Å². The van der Waals surface area contributed by atoms with Crippen molar-refractivity contribution in [1.82, 2.24) is 20.1 Å². The normalized spacial score (nSPS) is 12.7. The molecule has 0 aliphatic carbocycles. The maximum Gasteiger partial charge on any atom is 0.243 e. The first-order valence-corrected chi connectivity index (χ1v) is 5.09. The second kappa shape index (κ2) is 4.36. The fourth-order valence-corrected chi connectivity index (χ4v) is 1.16. The Bertz CT molecular complexity index is 464. The van der Waals surface area contributed by atoms with E-state index in [4.69, 9.17) is 10.3 Å². The Labute approximate surface area is 92.9 Å². The van der Waals surface area contributed by atoms with Crippen LogP contribution in [0, 0.1) is 6.92 Å². The Kier molecular flexibility index (Phi) is 2.91. The molecule has 2 aromatic heterocycles. The molecule has 0 radical (unpaired) electrons. The summed E-state index contributed by atoms with van der Waals surface area (Å²) in [4.78, 5) is 12.4. The lowest BCUT2D eigenvalue weighted by molar-refractivity contribution is 0.352. The highest BCUT2D eigenvalue weighted by Crippen LogP contribution is 2.15. The zero-order valence-electron chi connectivity index (χ0n) is 9.21. The average molecular weight is 219 g/mol. The zero-order valence-corrected chi connectivity index (χ0v) is 9.21. The molecule has 0 spiro atoms. The van der Waals surface area contributed by atoms with Crippen LogP contribution in [0.1, 0.15) is 30.8 Å². The van der Waals surface area contributed by atoms with E-state index in [0.29, 0.717) is 17.5 Å². The third kappa shape index (κ3) is 2.06. The standard InChI is InChI=1S/C10H13N5O/c1-3-7(11)10-14-9(15-16-10)8-12-4-6(2)5-13-8/h4-5,7H,3,11H2,1-2H3/t7-/m0/s1. The minimum atomic E-state index is -0.230. The van der Waals surface area contributed by atoms with Crippen molar-refractivity contribution in [2.75, 3.05) is 0 Å². The third-order valence-corrected chi connectivity index (χ3v) is 2.18. The van der Waals surface area contributed by atoms with Crippen molar-refractivity contribution in [2.24, 2.45) is 5.73 Å². The first kappa shape index (κ1) is 10.7. The summed E-state index contributed by atoms with van der Waals surface area (Å²) in [5, 5.41) is 3.79. The Hall–Kier alpha value is -1.82. The Balaban J connectivity index is 2.28. The predicted octanol–water partition coefficient (Wildman–Crippen LogP) is 1.24. The van der Waals surface area contributed by atoms with Gasteiger partial charge in [0.05, 0.1) is 6.04 Å². The highest BCUT2D eigenvalue weighted by Gasteiger charge is 2.15. The van der Waals surface area contributed by atoms with Gasteiger partial charge in [-0.3, -0.25) is 0 Å². The Morgan fingerprint density at radius 2 is 2.00 bits per heavy atom. The van der Waals surface area contributed by atoms with Gasteiger partial charge in [0.2, 0.25) is 17.5 Å². The molecule has 0 unspecified atom stereocenters. The highest BCUT2D eigenvalue weighted by molar-refractivity contribution is 5.41. The first-order valence-electron chi connectivity index (χ1n) is 5.09. The van der Waals surface area contributed by atoms with Crippen LogP contribution in [0.15, 0.2) is 16.9 Å². The summed E-state index contributed by atoms with van der Waals surface area (Å²) in [6.07, 6.45) is 4.16. The molecule has 2 rings (SSSR count). The van der Waals surface area contributed by atoms with Crippen molar-refractivity contribution in [2.45, 2.75) is 26.3 Å². The fourth-order valence-electron chi connectivity index (χ4n) is 1.16. The summed E-state index contributed by atoms with van der Waals surface area (Å²) in [6, 6.07) is -0.230. The summed E-state index contributed by atoms with van der Waals surface area (Å²) in [6.45, 7) is 3.87. The van der Waals surface area contributed by atoms with Gasteiger partial charge in [0.15, 0.2) is 0 Å². The summed E-state index contributed by atoms with van der Waals surface area (Å²) in [5.74, 6) is 1.24. The SMILES string of the molecule is CC[C@H](N)c1nc(-c2ncc(C)cn2)no1. The Morgan fingerprint density at radius 3 is 2.62 bits per heavy atom. The van der Waals surface area contributed by atoms with Gasteiger partial charge in [-0.1, -0.05) is 12.1 Å². The average Bonchev–Trinajstić information content (AvgIpc) is 2.78.